The summed E-state index contributed by atoms with van der Waals surface area (Å²) in [6.45, 7) is 18.1. The molecule has 152 valence electrons. The fourth-order valence-electron chi connectivity index (χ4n) is 3.27. The number of allylic oxidation sites excluding steroid dienone is 3. The number of hydrogen-bond acceptors (Lipinski definition) is 4. The van der Waals surface area contributed by atoms with Crippen LogP contribution in [0.3, 0.4) is 0 Å². The highest BCUT2D eigenvalue weighted by Crippen LogP contribution is 2.33. The van der Waals surface area contributed by atoms with Crippen LogP contribution in [0.2, 0.25) is 0 Å². The Labute approximate surface area is 165 Å². The van der Waals surface area contributed by atoms with Crippen molar-refractivity contribution in [2.75, 3.05) is 13.7 Å². The van der Waals surface area contributed by atoms with Gasteiger partial charge in [0.1, 0.15) is 5.78 Å². The maximum absolute atomic E-state index is 12.7. The molecule has 0 rings (SSSR count). The van der Waals surface area contributed by atoms with Crippen LogP contribution >= 0.6 is 0 Å². The van der Waals surface area contributed by atoms with Crippen LogP contribution < -0.4 is 0 Å². The van der Waals surface area contributed by atoms with Crippen molar-refractivity contribution >= 4 is 18.0 Å². The van der Waals surface area contributed by atoms with Gasteiger partial charge in [-0.1, -0.05) is 45.9 Å². The number of esters is 1. The van der Waals surface area contributed by atoms with E-state index in [1.165, 1.54) is 0 Å². The second kappa shape index (κ2) is 11.7. The Morgan fingerprint density at radius 3 is 2.22 bits per heavy atom. The molecule has 0 aliphatic carbocycles. The molecule has 27 heavy (non-hydrogen) atoms. The van der Waals surface area contributed by atoms with Crippen molar-refractivity contribution in [3.8, 4) is 0 Å². The topological polar surface area (TPSA) is 55.7 Å². The summed E-state index contributed by atoms with van der Waals surface area (Å²) in [6, 6.07) is 0. The van der Waals surface area contributed by atoms with E-state index in [4.69, 9.17) is 4.74 Å². The molecule has 0 N–H and O–H groups in total. The lowest BCUT2D eigenvalue weighted by Crippen LogP contribution is -2.18. The third kappa shape index (κ3) is 8.98. The van der Waals surface area contributed by atoms with E-state index in [9.17, 15) is 9.59 Å². The number of ether oxygens (including phenoxy) is 1. The van der Waals surface area contributed by atoms with Crippen LogP contribution in [0.1, 0.15) is 67.7 Å². The van der Waals surface area contributed by atoms with Crippen molar-refractivity contribution in [1.29, 1.82) is 0 Å². The molecule has 0 fully saturated rings. The molecular formula is C23H37NO3. The van der Waals surface area contributed by atoms with Gasteiger partial charge in [0.2, 0.25) is 0 Å². The molecule has 1 atom stereocenters. The molecule has 0 saturated heterocycles. The van der Waals surface area contributed by atoms with Gasteiger partial charge in [-0.2, -0.15) is 0 Å². The fourth-order valence-corrected chi connectivity index (χ4v) is 3.27. The lowest BCUT2D eigenvalue weighted by molar-refractivity contribution is -0.138. The summed E-state index contributed by atoms with van der Waals surface area (Å²) in [7, 11) is 1.68. The summed E-state index contributed by atoms with van der Waals surface area (Å²) in [5.41, 5.74) is 2.98. The number of carbonyl (C=O) groups excluding carboxylic acids is 2. The normalized spacial score (nSPS) is 14.7. The van der Waals surface area contributed by atoms with Crippen molar-refractivity contribution < 1.29 is 14.3 Å². The van der Waals surface area contributed by atoms with E-state index < -0.39 is 0 Å². The van der Waals surface area contributed by atoms with Gasteiger partial charge in [-0.25, -0.2) is 4.79 Å². The van der Waals surface area contributed by atoms with Crippen molar-refractivity contribution in [3.63, 3.8) is 0 Å². The van der Waals surface area contributed by atoms with Crippen LogP contribution in [0.15, 0.2) is 39.9 Å². The molecule has 0 aliphatic heterocycles. The Hall–Kier alpha value is -1.97. The Morgan fingerprint density at radius 2 is 1.78 bits per heavy atom. The summed E-state index contributed by atoms with van der Waals surface area (Å²) in [6.07, 6.45) is 5.75. The van der Waals surface area contributed by atoms with Crippen molar-refractivity contribution in [3.05, 3.63) is 34.9 Å². The SMILES string of the molecule is C=C(/C=C(\C(C(=O)OCC)=C(/C)C=NC)C(C)CC)CC(C)(C)CC(C)=O. The monoisotopic (exact) mass is 375 g/mol. The highest BCUT2D eigenvalue weighted by atomic mass is 16.5. The van der Waals surface area contributed by atoms with Gasteiger partial charge in [-0.05, 0) is 56.1 Å². The predicted molar refractivity (Wildman–Crippen MR) is 114 cm³/mol. The lowest BCUT2D eigenvalue weighted by Gasteiger charge is -2.25. The largest absolute Gasteiger partial charge is 0.462 e. The zero-order chi connectivity index (χ0) is 21.2. The van der Waals surface area contributed by atoms with E-state index in [1.807, 2.05) is 13.0 Å². The smallest absolute Gasteiger partial charge is 0.338 e. The maximum atomic E-state index is 12.7. The first-order valence-electron chi connectivity index (χ1n) is 9.68. The quantitative estimate of drug-likeness (QED) is 0.208. The van der Waals surface area contributed by atoms with Crippen LogP contribution in [0.5, 0.6) is 0 Å². The van der Waals surface area contributed by atoms with Gasteiger partial charge < -0.3 is 9.53 Å². The average molecular weight is 376 g/mol. The molecular weight excluding hydrogens is 338 g/mol. The second-order valence-corrected chi connectivity index (χ2v) is 7.95. The molecule has 0 aromatic heterocycles. The molecule has 0 aromatic carbocycles. The summed E-state index contributed by atoms with van der Waals surface area (Å²) in [5.74, 6) is -0.00410. The van der Waals surface area contributed by atoms with E-state index >= 15 is 0 Å². The molecule has 0 radical (unpaired) electrons. The van der Waals surface area contributed by atoms with Gasteiger partial charge in [-0.3, -0.25) is 4.99 Å². The van der Waals surface area contributed by atoms with Crippen LogP contribution in [0.4, 0.5) is 0 Å². The minimum atomic E-state index is -0.336. The molecule has 0 spiro atoms. The van der Waals surface area contributed by atoms with E-state index in [1.54, 1.807) is 27.1 Å². The van der Waals surface area contributed by atoms with E-state index in [-0.39, 0.29) is 23.1 Å². The molecule has 0 heterocycles. The zero-order valence-corrected chi connectivity index (χ0v) is 18.4. The standard InChI is InChI=1S/C23H37NO3/c1-10-17(4)20(12-16(3)13-23(7,8)14-19(6)25)21(18(5)15-24-9)22(26)27-11-2/h12,15,17H,3,10-11,13-14H2,1-2,4-9H3/b20-12-,21-18-,24-15?. The van der Waals surface area contributed by atoms with Crippen molar-refractivity contribution in [1.82, 2.24) is 0 Å². The van der Waals surface area contributed by atoms with E-state index in [0.29, 0.717) is 25.0 Å². The van der Waals surface area contributed by atoms with Gasteiger partial charge in [0.05, 0.1) is 12.2 Å². The molecule has 4 nitrogen and oxygen atoms in total. The molecule has 4 heteroatoms. The third-order valence-corrected chi connectivity index (χ3v) is 4.42. The van der Waals surface area contributed by atoms with Gasteiger partial charge in [0, 0.05) is 19.7 Å². The van der Waals surface area contributed by atoms with Gasteiger partial charge >= 0.3 is 5.97 Å². The van der Waals surface area contributed by atoms with Gasteiger partial charge in [0.25, 0.3) is 0 Å². The summed E-state index contributed by atoms with van der Waals surface area (Å²) in [5, 5.41) is 0. The van der Waals surface area contributed by atoms with Crippen LogP contribution in [-0.2, 0) is 14.3 Å². The Morgan fingerprint density at radius 1 is 1.19 bits per heavy atom. The zero-order valence-electron chi connectivity index (χ0n) is 18.4. The Balaban J connectivity index is 6.09. The first-order chi connectivity index (χ1) is 12.5. The predicted octanol–water partition coefficient (Wildman–Crippen LogP) is 5.49. The van der Waals surface area contributed by atoms with Crippen LogP contribution in [0.25, 0.3) is 0 Å². The summed E-state index contributed by atoms with van der Waals surface area (Å²) >= 11 is 0. The first-order valence-corrected chi connectivity index (χ1v) is 9.68. The number of Topliss-reactive ketones (excluding diaryl/α,β-unsaturated/α-hetero) is 1. The van der Waals surface area contributed by atoms with Gasteiger partial charge in [0.15, 0.2) is 0 Å². The average Bonchev–Trinajstić information content (AvgIpc) is 2.52. The Bertz CT molecular complexity index is 636. The fraction of sp³-hybridized carbons (Fsp3) is 0.609. The van der Waals surface area contributed by atoms with Crippen molar-refractivity contribution in [2.45, 2.75) is 67.7 Å². The molecule has 0 bridgehead atoms. The maximum Gasteiger partial charge on any atom is 0.338 e. The number of rotatable bonds is 11. The first kappa shape index (κ1) is 25.0. The number of aliphatic imine (C=N–C) groups is 1. The van der Waals surface area contributed by atoms with E-state index in [2.05, 4.69) is 39.3 Å². The lowest BCUT2D eigenvalue weighted by atomic mass is 9.80. The minimum absolute atomic E-state index is 0.164. The molecule has 0 amide bonds. The number of nitrogens with zero attached hydrogens (tertiary/aromatic N) is 1. The Kier molecular flexibility index (Phi) is 10.8. The molecule has 0 saturated carbocycles. The number of ketones is 1. The molecule has 0 aromatic rings. The van der Waals surface area contributed by atoms with Crippen LogP contribution in [-0.4, -0.2) is 31.6 Å². The third-order valence-electron chi connectivity index (χ3n) is 4.42. The summed E-state index contributed by atoms with van der Waals surface area (Å²) < 4.78 is 5.31. The molecule has 1 unspecified atom stereocenters. The van der Waals surface area contributed by atoms with Crippen LogP contribution in [0, 0.1) is 11.3 Å². The highest BCUT2D eigenvalue weighted by molar-refractivity contribution is 6.00. The number of hydrogen-bond donors (Lipinski definition) is 0. The summed E-state index contributed by atoms with van der Waals surface area (Å²) in [4.78, 5) is 28.3. The number of carbonyl (C=O) groups is 2. The minimum Gasteiger partial charge on any atom is -0.462 e. The molecule has 0 aliphatic rings. The van der Waals surface area contributed by atoms with Gasteiger partial charge in [-0.15, -0.1) is 0 Å². The van der Waals surface area contributed by atoms with E-state index in [0.717, 1.165) is 23.1 Å². The second-order valence-electron chi connectivity index (χ2n) is 7.95. The van der Waals surface area contributed by atoms with Crippen molar-refractivity contribution in [2.24, 2.45) is 16.3 Å². The highest BCUT2D eigenvalue weighted by Gasteiger charge is 2.24.